The van der Waals surface area contributed by atoms with Crippen LogP contribution in [0.2, 0.25) is 0 Å². The number of methoxy groups -OCH3 is 1. The Morgan fingerprint density at radius 2 is 2.00 bits per heavy atom. The van der Waals surface area contributed by atoms with Crippen molar-refractivity contribution in [3.63, 3.8) is 0 Å². The molecule has 0 bridgehead atoms. The number of anilines is 1. The van der Waals surface area contributed by atoms with Crippen LogP contribution in [0.25, 0.3) is 0 Å². The molecule has 0 fully saturated rings. The molecule has 5 heteroatoms. The number of hydrogen-bond donors (Lipinski definition) is 1. The first-order valence-corrected chi connectivity index (χ1v) is 7.57. The van der Waals surface area contributed by atoms with E-state index in [1.54, 1.807) is 43.6 Å². The average Bonchev–Trinajstić information content (AvgIpc) is 2.55. The van der Waals surface area contributed by atoms with Gasteiger partial charge in [-0.05, 0) is 42.7 Å². The van der Waals surface area contributed by atoms with E-state index in [4.69, 9.17) is 4.74 Å². The summed E-state index contributed by atoms with van der Waals surface area (Å²) in [5.41, 5.74) is 0.616. The second kappa shape index (κ2) is 7.50. The Kier molecular flexibility index (Phi) is 5.40. The van der Waals surface area contributed by atoms with Crippen molar-refractivity contribution in [3.05, 3.63) is 65.3 Å². The lowest BCUT2D eigenvalue weighted by Gasteiger charge is -2.07. The number of rotatable bonds is 6. The van der Waals surface area contributed by atoms with Crippen LogP contribution in [0, 0.1) is 0 Å². The number of thioether (sulfide) groups is 1. The molecule has 1 aromatic carbocycles. The minimum atomic E-state index is -0.0644. The number of benzene rings is 1. The molecule has 0 aliphatic heterocycles. The van der Waals surface area contributed by atoms with Crippen LogP contribution in [0.4, 0.5) is 5.82 Å². The predicted molar refractivity (Wildman–Crippen MR) is 86.8 cm³/mol. The van der Waals surface area contributed by atoms with E-state index >= 15 is 0 Å². The molecule has 0 aliphatic rings. The van der Waals surface area contributed by atoms with Gasteiger partial charge in [0, 0.05) is 17.8 Å². The third kappa shape index (κ3) is 4.36. The third-order valence-corrected chi connectivity index (χ3v) is 3.43. The SMILES string of the molecule is COc1ccc(C(=O)/C=C(\Nc2ccccn2)SC)cc1. The maximum absolute atomic E-state index is 12.2. The van der Waals surface area contributed by atoms with Crippen molar-refractivity contribution in [3.8, 4) is 5.75 Å². The minimum absolute atomic E-state index is 0.0644. The van der Waals surface area contributed by atoms with Crippen LogP contribution in [0.1, 0.15) is 10.4 Å². The van der Waals surface area contributed by atoms with Gasteiger partial charge in [0.1, 0.15) is 11.6 Å². The Balaban J connectivity index is 2.12. The van der Waals surface area contributed by atoms with Gasteiger partial charge < -0.3 is 10.1 Å². The smallest absolute Gasteiger partial charge is 0.188 e. The molecule has 0 amide bonds. The zero-order chi connectivity index (χ0) is 15.1. The molecule has 0 radical (unpaired) electrons. The first-order valence-electron chi connectivity index (χ1n) is 6.35. The lowest BCUT2D eigenvalue weighted by molar-refractivity contribution is 0.104. The summed E-state index contributed by atoms with van der Waals surface area (Å²) in [6.45, 7) is 0. The molecule has 0 spiro atoms. The average molecular weight is 300 g/mol. The van der Waals surface area contributed by atoms with Crippen molar-refractivity contribution in [2.75, 3.05) is 18.7 Å². The van der Waals surface area contributed by atoms with Gasteiger partial charge in [0.15, 0.2) is 5.78 Å². The highest BCUT2D eigenvalue weighted by molar-refractivity contribution is 8.02. The molecular weight excluding hydrogens is 284 g/mol. The summed E-state index contributed by atoms with van der Waals surface area (Å²) in [7, 11) is 1.60. The number of carbonyl (C=O) groups excluding carboxylic acids is 1. The van der Waals surface area contributed by atoms with E-state index in [0.29, 0.717) is 11.4 Å². The highest BCUT2D eigenvalue weighted by Gasteiger charge is 2.06. The molecule has 2 aromatic rings. The Morgan fingerprint density at radius 1 is 1.24 bits per heavy atom. The molecule has 2 rings (SSSR count). The van der Waals surface area contributed by atoms with Crippen molar-refractivity contribution in [1.29, 1.82) is 0 Å². The van der Waals surface area contributed by atoms with Crippen molar-refractivity contribution < 1.29 is 9.53 Å². The Hall–Kier alpha value is -2.27. The summed E-state index contributed by atoms with van der Waals surface area (Å²) in [6.07, 6.45) is 5.18. The number of hydrogen-bond acceptors (Lipinski definition) is 5. The van der Waals surface area contributed by atoms with E-state index in [1.807, 2.05) is 24.5 Å². The monoisotopic (exact) mass is 300 g/mol. The first-order chi connectivity index (χ1) is 10.2. The molecule has 0 saturated heterocycles. The van der Waals surface area contributed by atoms with Gasteiger partial charge >= 0.3 is 0 Å². The minimum Gasteiger partial charge on any atom is -0.497 e. The van der Waals surface area contributed by atoms with Gasteiger partial charge in [0.2, 0.25) is 0 Å². The van der Waals surface area contributed by atoms with Crippen molar-refractivity contribution in [2.24, 2.45) is 0 Å². The van der Waals surface area contributed by atoms with Gasteiger partial charge in [-0.2, -0.15) is 0 Å². The maximum Gasteiger partial charge on any atom is 0.188 e. The summed E-state index contributed by atoms with van der Waals surface area (Å²) in [4.78, 5) is 16.4. The zero-order valence-corrected chi connectivity index (χ0v) is 12.7. The predicted octanol–water partition coefficient (Wildman–Crippen LogP) is 3.59. The summed E-state index contributed by atoms with van der Waals surface area (Å²) in [5, 5.41) is 3.86. The van der Waals surface area contributed by atoms with Crippen LogP contribution in [-0.2, 0) is 0 Å². The van der Waals surface area contributed by atoms with Gasteiger partial charge in [-0.1, -0.05) is 6.07 Å². The molecule has 0 aliphatic carbocycles. The van der Waals surface area contributed by atoms with E-state index in [0.717, 1.165) is 10.8 Å². The Bertz CT molecular complexity index is 624. The van der Waals surface area contributed by atoms with Crippen LogP contribution >= 0.6 is 11.8 Å². The Morgan fingerprint density at radius 3 is 2.57 bits per heavy atom. The topological polar surface area (TPSA) is 51.2 Å². The summed E-state index contributed by atoms with van der Waals surface area (Å²) in [6, 6.07) is 12.6. The summed E-state index contributed by atoms with van der Waals surface area (Å²) >= 11 is 1.46. The molecule has 0 atom stereocenters. The van der Waals surface area contributed by atoms with E-state index < -0.39 is 0 Å². The van der Waals surface area contributed by atoms with Gasteiger partial charge in [0.05, 0.1) is 12.1 Å². The second-order valence-electron chi connectivity index (χ2n) is 4.15. The van der Waals surface area contributed by atoms with E-state index in [-0.39, 0.29) is 5.78 Å². The van der Waals surface area contributed by atoms with E-state index in [9.17, 15) is 4.79 Å². The fourth-order valence-electron chi connectivity index (χ4n) is 1.67. The zero-order valence-electron chi connectivity index (χ0n) is 11.9. The summed E-state index contributed by atoms with van der Waals surface area (Å²) in [5.74, 6) is 1.37. The van der Waals surface area contributed by atoms with Crippen LogP contribution in [0.15, 0.2) is 59.8 Å². The van der Waals surface area contributed by atoms with Crippen molar-refractivity contribution in [1.82, 2.24) is 4.98 Å². The maximum atomic E-state index is 12.2. The van der Waals surface area contributed by atoms with Gasteiger partial charge in [-0.15, -0.1) is 11.8 Å². The fourth-order valence-corrected chi connectivity index (χ4v) is 2.10. The van der Waals surface area contributed by atoms with E-state index in [2.05, 4.69) is 10.3 Å². The Labute approximate surface area is 128 Å². The van der Waals surface area contributed by atoms with Crippen LogP contribution in [0.5, 0.6) is 5.75 Å². The number of allylic oxidation sites excluding steroid dienone is 1. The number of aromatic nitrogens is 1. The van der Waals surface area contributed by atoms with Gasteiger partial charge in [-0.25, -0.2) is 4.98 Å². The van der Waals surface area contributed by atoms with Gasteiger partial charge in [0.25, 0.3) is 0 Å². The summed E-state index contributed by atoms with van der Waals surface area (Å²) < 4.78 is 5.08. The number of nitrogens with one attached hydrogen (secondary N) is 1. The molecule has 108 valence electrons. The molecular formula is C16H16N2O2S. The van der Waals surface area contributed by atoms with Gasteiger partial charge in [-0.3, -0.25) is 4.79 Å². The third-order valence-electron chi connectivity index (χ3n) is 2.77. The first kappa shape index (κ1) is 15.1. The lowest BCUT2D eigenvalue weighted by atomic mass is 10.1. The molecule has 1 heterocycles. The molecule has 0 unspecified atom stereocenters. The largest absolute Gasteiger partial charge is 0.497 e. The number of carbonyl (C=O) groups is 1. The van der Waals surface area contributed by atoms with Crippen molar-refractivity contribution in [2.45, 2.75) is 0 Å². The second-order valence-corrected chi connectivity index (χ2v) is 4.99. The molecule has 1 aromatic heterocycles. The quantitative estimate of drug-likeness (QED) is 0.652. The van der Waals surface area contributed by atoms with E-state index in [1.165, 1.54) is 11.8 Å². The number of ether oxygens (including phenoxy) is 1. The number of pyridine rings is 1. The molecule has 21 heavy (non-hydrogen) atoms. The number of ketones is 1. The van der Waals surface area contributed by atoms with Crippen LogP contribution in [0.3, 0.4) is 0 Å². The molecule has 0 saturated carbocycles. The molecule has 1 N–H and O–H groups in total. The standard InChI is InChI=1S/C16H16N2O2S/c1-20-13-8-6-12(7-9-13)14(19)11-16(21-2)18-15-5-3-4-10-17-15/h3-11H,1-2H3,(H,17,18)/b16-11+. The highest BCUT2D eigenvalue weighted by Crippen LogP contribution is 2.17. The lowest BCUT2D eigenvalue weighted by Crippen LogP contribution is -2.02. The highest BCUT2D eigenvalue weighted by atomic mass is 32.2. The molecule has 4 nitrogen and oxygen atoms in total. The normalized spacial score (nSPS) is 11.0. The fraction of sp³-hybridized carbons (Fsp3) is 0.125. The number of nitrogens with zero attached hydrogens (tertiary/aromatic N) is 1. The van der Waals surface area contributed by atoms with Crippen LogP contribution in [-0.4, -0.2) is 24.1 Å². The van der Waals surface area contributed by atoms with Crippen molar-refractivity contribution >= 4 is 23.4 Å². The van der Waals surface area contributed by atoms with Crippen LogP contribution < -0.4 is 10.1 Å².